The van der Waals surface area contributed by atoms with E-state index in [1.54, 1.807) is 0 Å². The molecule has 0 amide bonds. The lowest BCUT2D eigenvalue weighted by atomic mass is 9.73. The van der Waals surface area contributed by atoms with E-state index in [0.717, 1.165) is 22.7 Å². The third-order valence-electron chi connectivity index (χ3n) is 14.1. The molecule has 0 N–H and O–H groups in total. The Morgan fingerprint density at radius 2 is 0.794 bits per heavy atom. The number of hydrogen-bond acceptors (Lipinski definition) is 1. The van der Waals surface area contributed by atoms with Crippen LogP contribution >= 0.6 is 0 Å². The summed E-state index contributed by atoms with van der Waals surface area (Å²) in [6.45, 7) is 0. The van der Waals surface area contributed by atoms with Gasteiger partial charge >= 0.3 is 0 Å². The molecule has 2 heteroatoms. The van der Waals surface area contributed by atoms with Gasteiger partial charge in [-0.15, -0.1) is 0 Å². The molecular weight excluding hydrogens is 761 g/mol. The molecule has 11 aromatic rings. The van der Waals surface area contributed by atoms with Crippen LogP contribution in [0.25, 0.3) is 83.1 Å². The van der Waals surface area contributed by atoms with Gasteiger partial charge < -0.3 is 9.47 Å². The van der Waals surface area contributed by atoms with Gasteiger partial charge in [0, 0.05) is 33.5 Å². The van der Waals surface area contributed by atoms with E-state index in [2.05, 4.69) is 240 Å². The summed E-state index contributed by atoms with van der Waals surface area (Å²) < 4.78 is 2.38. The maximum atomic E-state index is 2.50. The van der Waals surface area contributed by atoms with E-state index in [9.17, 15) is 0 Å². The SMILES string of the molecule is c1ccc(-c2ccc(N(c3ccc(-c4ccc5c(c4)C46c7ccccc7-c7cccc(c74)-c4cccc-5c46)cc3)c3ccc4c(c3)c3ccccc3n4-c3ccccc3)cc2)cc1. The molecule has 1 atom stereocenters. The molecule has 1 heterocycles. The van der Waals surface area contributed by atoms with Crippen LogP contribution in [-0.2, 0) is 5.41 Å². The Morgan fingerprint density at radius 1 is 0.302 bits per heavy atom. The molecule has 2 nitrogen and oxygen atoms in total. The maximum Gasteiger partial charge on any atom is 0.0737 e. The minimum atomic E-state index is -0.301. The first-order valence-corrected chi connectivity index (χ1v) is 21.9. The Balaban J connectivity index is 0.912. The second-order valence-corrected chi connectivity index (χ2v) is 17.2. The van der Waals surface area contributed by atoms with Gasteiger partial charge in [0.25, 0.3) is 0 Å². The number of para-hydroxylation sites is 2. The molecule has 1 unspecified atom stereocenters. The van der Waals surface area contributed by atoms with Crippen molar-refractivity contribution in [3.8, 4) is 61.3 Å². The highest BCUT2D eigenvalue weighted by molar-refractivity contribution is 6.11. The van der Waals surface area contributed by atoms with E-state index in [1.807, 2.05) is 0 Å². The fourth-order valence-electron chi connectivity index (χ4n) is 11.6. The predicted octanol–water partition coefficient (Wildman–Crippen LogP) is 15.9. The standard InChI is InChI=1S/C61H38N2/c1-3-13-39(14-4-1)40-25-30-44(31-26-40)62(46-34-36-58-54(38-46)49-18-8-10-24-57(49)63(58)43-15-5-2-6-16-43)45-32-27-41(28-33-45)42-29-35-48-51-20-12-22-53-52-21-11-19-50-47-17-7-9-23-55(47)61(59(50)52,60(51)53)56(48)37-42/h1-38H. The van der Waals surface area contributed by atoms with Crippen LogP contribution in [0.2, 0.25) is 0 Å². The molecule has 0 aliphatic heterocycles. The zero-order valence-electron chi connectivity index (χ0n) is 34.3. The van der Waals surface area contributed by atoms with E-state index in [0.29, 0.717) is 0 Å². The summed E-state index contributed by atoms with van der Waals surface area (Å²) in [5.41, 5.74) is 25.3. The molecule has 14 rings (SSSR count). The summed E-state index contributed by atoms with van der Waals surface area (Å²) in [7, 11) is 0. The van der Waals surface area contributed by atoms with E-state index >= 15 is 0 Å². The molecule has 0 fully saturated rings. The second-order valence-electron chi connectivity index (χ2n) is 17.2. The van der Waals surface area contributed by atoms with Gasteiger partial charge in [0.15, 0.2) is 0 Å². The molecule has 292 valence electrons. The van der Waals surface area contributed by atoms with Crippen LogP contribution in [0.5, 0.6) is 0 Å². The first-order valence-electron chi connectivity index (χ1n) is 21.9. The van der Waals surface area contributed by atoms with Gasteiger partial charge in [-0.3, -0.25) is 0 Å². The Hall–Kier alpha value is -8.20. The topological polar surface area (TPSA) is 8.17 Å². The summed E-state index contributed by atoms with van der Waals surface area (Å²) in [5, 5.41) is 2.46. The highest BCUT2D eigenvalue weighted by Crippen LogP contribution is 2.70. The first-order chi connectivity index (χ1) is 31.3. The molecule has 1 spiro atoms. The highest BCUT2D eigenvalue weighted by atomic mass is 15.1. The predicted molar refractivity (Wildman–Crippen MR) is 262 cm³/mol. The monoisotopic (exact) mass is 798 g/mol. The van der Waals surface area contributed by atoms with Crippen molar-refractivity contribution in [2.45, 2.75) is 5.41 Å². The molecule has 10 aromatic carbocycles. The number of fused-ring (bicyclic) bond motifs is 8. The van der Waals surface area contributed by atoms with Crippen LogP contribution in [0, 0.1) is 0 Å². The van der Waals surface area contributed by atoms with Gasteiger partial charge in [0.1, 0.15) is 0 Å². The number of aromatic nitrogens is 1. The third kappa shape index (κ3) is 4.67. The van der Waals surface area contributed by atoms with Crippen molar-refractivity contribution in [1.82, 2.24) is 4.57 Å². The minimum Gasteiger partial charge on any atom is -0.310 e. The van der Waals surface area contributed by atoms with E-state index in [-0.39, 0.29) is 5.41 Å². The number of hydrogen-bond donors (Lipinski definition) is 0. The summed E-state index contributed by atoms with van der Waals surface area (Å²) in [4.78, 5) is 2.40. The van der Waals surface area contributed by atoms with Gasteiger partial charge in [0.2, 0.25) is 0 Å². The molecule has 63 heavy (non-hydrogen) atoms. The minimum absolute atomic E-state index is 0.301. The maximum absolute atomic E-state index is 2.50. The van der Waals surface area contributed by atoms with Crippen molar-refractivity contribution in [3.63, 3.8) is 0 Å². The van der Waals surface area contributed by atoms with Gasteiger partial charge in [-0.25, -0.2) is 0 Å². The van der Waals surface area contributed by atoms with Crippen molar-refractivity contribution < 1.29 is 0 Å². The average Bonchev–Trinajstić information content (AvgIpc) is 4.05. The number of benzene rings is 10. The third-order valence-corrected chi connectivity index (χ3v) is 14.1. The summed E-state index contributed by atoms with van der Waals surface area (Å²) in [6.07, 6.45) is 0. The van der Waals surface area contributed by atoms with Crippen molar-refractivity contribution in [2.75, 3.05) is 4.90 Å². The lowest BCUT2D eigenvalue weighted by molar-refractivity contribution is 0.818. The van der Waals surface area contributed by atoms with Crippen molar-refractivity contribution in [2.24, 2.45) is 0 Å². The molecule has 0 radical (unpaired) electrons. The molecule has 0 saturated carbocycles. The smallest absolute Gasteiger partial charge is 0.0737 e. The van der Waals surface area contributed by atoms with Crippen molar-refractivity contribution >= 4 is 38.9 Å². The summed E-state index contributed by atoms with van der Waals surface area (Å²) in [6, 6.07) is 85.4. The molecule has 3 aliphatic rings. The Morgan fingerprint density at radius 3 is 1.49 bits per heavy atom. The zero-order valence-corrected chi connectivity index (χ0v) is 34.3. The molecule has 0 saturated heterocycles. The van der Waals surface area contributed by atoms with Crippen molar-refractivity contribution in [3.05, 3.63) is 253 Å². The van der Waals surface area contributed by atoms with E-state index in [1.165, 1.54) is 99.7 Å². The zero-order chi connectivity index (χ0) is 41.2. The number of nitrogens with zero attached hydrogens (tertiary/aromatic N) is 2. The van der Waals surface area contributed by atoms with Crippen LogP contribution in [0.15, 0.2) is 231 Å². The summed E-state index contributed by atoms with van der Waals surface area (Å²) in [5.74, 6) is 0. The van der Waals surface area contributed by atoms with Gasteiger partial charge in [-0.2, -0.15) is 0 Å². The average molecular weight is 799 g/mol. The van der Waals surface area contributed by atoms with Gasteiger partial charge in [-0.1, -0.05) is 164 Å². The largest absolute Gasteiger partial charge is 0.310 e. The van der Waals surface area contributed by atoms with Crippen LogP contribution < -0.4 is 4.90 Å². The van der Waals surface area contributed by atoms with Crippen LogP contribution in [0.4, 0.5) is 17.1 Å². The number of rotatable bonds is 6. The van der Waals surface area contributed by atoms with E-state index in [4.69, 9.17) is 0 Å². The van der Waals surface area contributed by atoms with Gasteiger partial charge in [0.05, 0.1) is 16.4 Å². The van der Waals surface area contributed by atoms with Gasteiger partial charge in [-0.05, 0) is 145 Å². The lowest BCUT2D eigenvalue weighted by Gasteiger charge is -2.28. The lowest BCUT2D eigenvalue weighted by Crippen LogP contribution is -2.23. The van der Waals surface area contributed by atoms with Crippen LogP contribution in [0.1, 0.15) is 22.3 Å². The Labute approximate surface area is 366 Å². The van der Waals surface area contributed by atoms with Crippen molar-refractivity contribution in [1.29, 1.82) is 0 Å². The summed E-state index contributed by atoms with van der Waals surface area (Å²) >= 11 is 0. The molecule has 0 bridgehead atoms. The highest BCUT2D eigenvalue weighted by Gasteiger charge is 2.57. The molecular formula is C61H38N2. The Bertz CT molecular complexity index is 3620. The Kier molecular flexibility index (Phi) is 7.07. The quantitative estimate of drug-likeness (QED) is 0.163. The fraction of sp³-hybridized carbons (Fsp3) is 0.0164. The normalized spacial score (nSPS) is 14.7. The first kappa shape index (κ1) is 34.5. The fourth-order valence-corrected chi connectivity index (χ4v) is 11.6. The number of anilines is 3. The molecule has 3 aliphatic carbocycles. The van der Waals surface area contributed by atoms with Crippen LogP contribution in [0.3, 0.4) is 0 Å². The van der Waals surface area contributed by atoms with E-state index < -0.39 is 0 Å². The van der Waals surface area contributed by atoms with Crippen LogP contribution in [-0.4, -0.2) is 4.57 Å². The second kappa shape index (κ2) is 12.9. The molecule has 1 aromatic heterocycles.